The Morgan fingerprint density at radius 1 is 1.06 bits per heavy atom. The van der Waals surface area contributed by atoms with Crippen molar-refractivity contribution in [3.8, 4) is 22.4 Å². The highest BCUT2D eigenvalue weighted by molar-refractivity contribution is 5.95. The maximum atomic E-state index is 5.99. The Bertz CT molecular complexity index is 1230. The van der Waals surface area contributed by atoms with Crippen LogP contribution in [0.3, 0.4) is 0 Å². The molecule has 0 atom stereocenters. The van der Waals surface area contributed by atoms with Gasteiger partial charge in [-0.2, -0.15) is 5.10 Å². The summed E-state index contributed by atoms with van der Waals surface area (Å²) in [6.07, 6.45) is 9.37. The summed E-state index contributed by atoms with van der Waals surface area (Å²) in [7, 11) is 0. The first-order valence-corrected chi connectivity index (χ1v) is 11.3. The molecule has 5 heterocycles. The number of ether oxygens (including phenoxy) is 1. The molecule has 0 spiro atoms. The van der Waals surface area contributed by atoms with E-state index < -0.39 is 0 Å². The molecule has 5 rings (SSSR count). The topological polar surface area (TPSA) is 137 Å². The molecule has 1 aliphatic rings. The highest BCUT2D eigenvalue weighted by atomic mass is 16.5. The number of pyridine rings is 1. The molecule has 1 aliphatic heterocycles. The van der Waals surface area contributed by atoms with E-state index in [1.807, 2.05) is 29.3 Å². The first-order chi connectivity index (χ1) is 16.2. The predicted molar refractivity (Wildman–Crippen MR) is 127 cm³/mol. The number of nitrogens with zero attached hydrogens (tertiary/aromatic N) is 6. The highest BCUT2D eigenvalue weighted by Gasteiger charge is 2.14. The highest BCUT2D eigenvalue weighted by Crippen LogP contribution is 2.30. The first-order valence-electron chi connectivity index (χ1n) is 11.3. The number of aryl methyl sites for hydroxylation is 1. The summed E-state index contributed by atoms with van der Waals surface area (Å²) in [5.41, 5.74) is 17.1. The summed E-state index contributed by atoms with van der Waals surface area (Å²) in [5, 5.41) is 5.54. The van der Waals surface area contributed by atoms with Crippen LogP contribution in [-0.4, -0.2) is 74.0 Å². The van der Waals surface area contributed by atoms with Gasteiger partial charge in [0.15, 0.2) is 0 Å². The third-order valence-corrected chi connectivity index (χ3v) is 5.96. The number of nitrogens with one attached hydrogen (secondary N) is 1. The average molecular weight is 448 g/mol. The molecule has 33 heavy (non-hydrogen) atoms. The Morgan fingerprint density at radius 2 is 1.94 bits per heavy atom. The number of H-pyrrole nitrogens is 1. The number of aromatic nitrogens is 6. The van der Waals surface area contributed by atoms with E-state index in [-0.39, 0.29) is 5.95 Å². The van der Waals surface area contributed by atoms with Crippen LogP contribution in [-0.2, 0) is 17.7 Å². The maximum absolute atomic E-state index is 5.99. The zero-order valence-electron chi connectivity index (χ0n) is 18.6. The standard InChI is InChI=1S/C23H29N9O/c24-3-1-2-18-11-21(30-23(25)29-18)20-14-27-22-19(20)10-16(12-26-22)17-13-28-32(15-17)5-4-31-6-8-33-9-7-31/h10-15H,1-9,24H2,(H,26,27)(H2,25,29,30). The normalized spacial score (nSPS) is 14.8. The van der Waals surface area contributed by atoms with E-state index in [1.54, 1.807) is 0 Å². The number of hydrogen-bond acceptors (Lipinski definition) is 8. The minimum atomic E-state index is 0.263. The van der Waals surface area contributed by atoms with Gasteiger partial charge in [0, 0.05) is 66.0 Å². The minimum absolute atomic E-state index is 0.263. The van der Waals surface area contributed by atoms with Gasteiger partial charge >= 0.3 is 0 Å². The Kier molecular flexibility index (Phi) is 6.29. The smallest absolute Gasteiger partial charge is 0.220 e. The van der Waals surface area contributed by atoms with E-state index in [2.05, 4.69) is 42.2 Å². The SMILES string of the molecule is NCCCc1cc(-c2c[nH]c3ncc(-c4cnn(CCN5CCOCC5)c4)cc23)nc(N)n1. The van der Waals surface area contributed by atoms with E-state index in [9.17, 15) is 0 Å². The molecule has 0 saturated carbocycles. The second-order valence-corrected chi connectivity index (χ2v) is 8.26. The van der Waals surface area contributed by atoms with Gasteiger partial charge in [-0.15, -0.1) is 0 Å². The van der Waals surface area contributed by atoms with Crippen LogP contribution in [0.15, 0.2) is 36.9 Å². The summed E-state index contributed by atoms with van der Waals surface area (Å²) in [6.45, 7) is 5.99. The second-order valence-electron chi connectivity index (χ2n) is 8.26. The third-order valence-electron chi connectivity index (χ3n) is 5.96. The van der Waals surface area contributed by atoms with Gasteiger partial charge < -0.3 is 21.2 Å². The number of rotatable bonds is 8. The number of fused-ring (bicyclic) bond motifs is 1. The molecule has 0 radical (unpaired) electrons. The minimum Gasteiger partial charge on any atom is -0.379 e. The molecular weight excluding hydrogens is 418 g/mol. The monoisotopic (exact) mass is 447 g/mol. The lowest BCUT2D eigenvalue weighted by Gasteiger charge is -2.26. The van der Waals surface area contributed by atoms with Crippen molar-refractivity contribution >= 4 is 17.0 Å². The molecular formula is C23H29N9O. The molecule has 0 amide bonds. The van der Waals surface area contributed by atoms with Crippen molar-refractivity contribution in [1.82, 2.24) is 34.6 Å². The largest absolute Gasteiger partial charge is 0.379 e. The van der Waals surface area contributed by atoms with E-state index >= 15 is 0 Å². The summed E-state index contributed by atoms with van der Waals surface area (Å²) < 4.78 is 7.41. The Hall–Kier alpha value is -3.34. The van der Waals surface area contributed by atoms with Gasteiger partial charge in [0.05, 0.1) is 31.6 Å². The van der Waals surface area contributed by atoms with E-state index in [4.69, 9.17) is 16.2 Å². The number of morpholine rings is 1. The molecule has 0 aliphatic carbocycles. The molecule has 4 aromatic heterocycles. The fraction of sp³-hybridized carbons (Fsp3) is 0.391. The van der Waals surface area contributed by atoms with Gasteiger partial charge in [0.2, 0.25) is 5.95 Å². The molecule has 10 heteroatoms. The van der Waals surface area contributed by atoms with Gasteiger partial charge in [-0.05, 0) is 31.5 Å². The van der Waals surface area contributed by atoms with E-state index in [1.165, 1.54) is 0 Å². The van der Waals surface area contributed by atoms with Crippen LogP contribution in [0.5, 0.6) is 0 Å². The Morgan fingerprint density at radius 3 is 2.79 bits per heavy atom. The zero-order valence-corrected chi connectivity index (χ0v) is 18.6. The molecule has 1 fully saturated rings. The van der Waals surface area contributed by atoms with E-state index in [0.29, 0.717) is 6.54 Å². The quantitative estimate of drug-likeness (QED) is 0.371. The first kappa shape index (κ1) is 21.5. The molecule has 0 aromatic carbocycles. The van der Waals surface area contributed by atoms with Crippen molar-refractivity contribution in [3.05, 3.63) is 42.6 Å². The summed E-state index contributed by atoms with van der Waals surface area (Å²) >= 11 is 0. The molecule has 0 bridgehead atoms. The lowest BCUT2D eigenvalue weighted by Crippen LogP contribution is -2.38. The number of anilines is 1. The van der Waals surface area contributed by atoms with Crippen molar-refractivity contribution in [2.75, 3.05) is 45.1 Å². The Labute approximate surface area is 192 Å². The van der Waals surface area contributed by atoms with Crippen molar-refractivity contribution in [2.45, 2.75) is 19.4 Å². The van der Waals surface area contributed by atoms with Crippen LogP contribution in [0, 0.1) is 0 Å². The van der Waals surface area contributed by atoms with Crippen LogP contribution in [0.1, 0.15) is 12.1 Å². The van der Waals surface area contributed by atoms with E-state index in [0.717, 1.165) is 91.3 Å². The van der Waals surface area contributed by atoms with Crippen LogP contribution in [0.2, 0.25) is 0 Å². The molecule has 4 aromatic rings. The van der Waals surface area contributed by atoms with Crippen molar-refractivity contribution in [3.63, 3.8) is 0 Å². The van der Waals surface area contributed by atoms with Crippen molar-refractivity contribution in [2.24, 2.45) is 5.73 Å². The lowest BCUT2D eigenvalue weighted by atomic mass is 10.1. The average Bonchev–Trinajstić information content (AvgIpc) is 3.48. The van der Waals surface area contributed by atoms with Crippen molar-refractivity contribution in [1.29, 1.82) is 0 Å². The zero-order chi connectivity index (χ0) is 22.6. The maximum Gasteiger partial charge on any atom is 0.220 e. The van der Waals surface area contributed by atoms with Gasteiger partial charge in [0.25, 0.3) is 0 Å². The summed E-state index contributed by atoms with van der Waals surface area (Å²) in [5.74, 6) is 0.263. The third kappa shape index (κ3) is 4.87. The number of nitrogens with two attached hydrogens (primary N) is 2. The number of nitrogen functional groups attached to an aromatic ring is 1. The molecule has 1 saturated heterocycles. The van der Waals surface area contributed by atoms with Crippen LogP contribution >= 0.6 is 0 Å². The van der Waals surface area contributed by atoms with Gasteiger partial charge in [-0.25, -0.2) is 15.0 Å². The fourth-order valence-electron chi connectivity index (χ4n) is 4.14. The summed E-state index contributed by atoms with van der Waals surface area (Å²) in [4.78, 5) is 19.1. The van der Waals surface area contributed by atoms with Crippen LogP contribution in [0.4, 0.5) is 5.95 Å². The predicted octanol–water partition coefficient (Wildman–Crippen LogP) is 1.69. The Balaban J connectivity index is 1.39. The number of hydrogen-bond donors (Lipinski definition) is 3. The molecule has 5 N–H and O–H groups in total. The molecule has 172 valence electrons. The van der Waals surface area contributed by atoms with Crippen LogP contribution in [0.25, 0.3) is 33.4 Å². The summed E-state index contributed by atoms with van der Waals surface area (Å²) in [6, 6.07) is 4.10. The fourth-order valence-corrected chi connectivity index (χ4v) is 4.14. The van der Waals surface area contributed by atoms with Gasteiger partial charge in [0.1, 0.15) is 5.65 Å². The van der Waals surface area contributed by atoms with Gasteiger partial charge in [-0.3, -0.25) is 9.58 Å². The second kappa shape index (κ2) is 9.65. The lowest BCUT2D eigenvalue weighted by molar-refractivity contribution is 0.0360. The molecule has 0 unspecified atom stereocenters. The van der Waals surface area contributed by atoms with Crippen LogP contribution < -0.4 is 11.5 Å². The van der Waals surface area contributed by atoms with Crippen molar-refractivity contribution < 1.29 is 4.74 Å². The number of aromatic amines is 1. The van der Waals surface area contributed by atoms with Gasteiger partial charge in [-0.1, -0.05) is 0 Å². The molecule has 10 nitrogen and oxygen atoms in total.